The zero-order chi connectivity index (χ0) is 27.9. The van der Waals surface area contributed by atoms with Crippen LogP contribution in [0.4, 0.5) is 27.6 Å². The van der Waals surface area contributed by atoms with Crippen LogP contribution in [0.1, 0.15) is 33.5 Å². The minimum atomic E-state index is -4.71. The smallest absolute Gasteiger partial charge is 0.468 e. The molecular weight excluding hydrogens is 535 g/mol. The van der Waals surface area contributed by atoms with E-state index in [1.807, 2.05) is 4.90 Å². The summed E-state index contributed by atoms with van der Waals surface area (Å²) in [6.45, 7) is 1.24. The number of carbonyl (C=O) groups is 1. The fraction of sp³-hybridized carbons (Fsp3) is 0.583. The number of benzene rings is 1. The molecule has 0 saturated carbocycles. The van der Waals surface area contributed by atoms with Gasteiger partial charge in [0.1, 0.15) is 17.4 Å². The maximum atomic E-state index is 14.6. The van der Waals surface area contributed by atoms with Gasteiger partial charge in [0.15, 0.2) is 21.5 Å². The molecule has 1 aromatic carbocycles. The Kier molecular flexibility index (Phi) is 7.77. The van der Waals surface area contributed by atoms with Crippen molar-refractivity contribution >= 4 is 27.3 Å². The molecule has 2 aliphatic heterocycles. The number of amides is 1. The van der Waals surface area contributed by atoms with E-state index in [4.69, 9.17) is 0 Å². The van der Waals surface area contributed by atoms with E-state index in [9.17, 15) is 35.2 Å². The summed E-state index contributed by atoms with van der Waals surface area (Å²) in [6.07, 6.45) is 1.68. The van der Waals surface area contributed by atoms with Gasteiger partial charge in [-0.25, -0.2) is 22.2 Å². The lowest BCUT2D eigenvalue weighted by atomic mass is 9.89. The Bertz CT molecular complexity index is 1230. The number of carbonyl (C=O) groups excluding carboxylic acids is 1. The average Bonchev–Trinajstić information content (AvgIpc) is 2.81. The average molecular weight is 567 g/mol. The summed E-state index contributed by atoms with van der Waals surface area (Å²) in [5.74, 6) is -3.86. The molecule has 1 aliphatic carbocycles. The highest BCUT2D eigenvalue weighted by Gasteiger charge is 2.46. The lowest BCUT2D eigenvalue weighted by Gasteiger charge is -2.48. The number of aliphatic imine (C=N–C) groups is 1. The summed E-state index contributed by atoms with van der Waals surface area (Å²) in [4.78, 5) is 20.1. The van der Waals surface area contributed by atoms with Crippen LogP contribution in [0, 0.1) is 11.6 Å². The van der Waals surface area contributed by atoms with E-state index in [0.717, 1.165) is 13.4 Å². The van der Waals surface area contributed by atoms with Crippen molar-refractivity contribution < 1.29 is 41.3 Å². The highest BCUT2D eigenvalue weighted by atomic mass is 32.2. The molecular formula is C24H31F5N4O4S. The van der Waals surface area contributed by atoms with Gasteiger partial charge in [-0.1, -0.05) is 6.08 Å². The summed E-state index contributed by atoms with van der Waals surface area (Å²) in [7, 11) is -2.89. The molecule has 1 aromatic rings. The molecule has 2 heterocycles. The standard InChI is InChI=1S/C24H29F5N4O4S.H2/c1-37-22(24(27,28)29)31-23(8-4-9-23)32-11-6-15(7-12-32)33-10-3-5-19(21(33)34)30-20-17(25)13-16(14-18(20)26)38(2,35)36;/h4,8,13-15,19,30H,3,5-7,9-12H2,1-2H3;1H/b31-22-;/t19-,23?;/m0./s1. The highest BCUT2D eigenvalue weighted by molar-refractivity contribution is 7.90. The van der Waals surface area contributed by atoms with Gasteiger partial charge in [0.05, 0.1) is 12.0 Å². The predicted molar refractivity (Wildman–Crippen MR) is 132 cm³/mol. The molecule has 2 fully saturated rings. The van der Waals surface area contributed by atoms with Crippen molar-refractivity contribution in [3.05, 3.63) is 35.9 Å². The quantitative estimate of drug-likeness (QED) is 0.244. The topological polar surface area (TPSA) is 91.3 Å². The van der Waals surface area contributed by atoms with E-state index in [1.54, 1.807) is 17.1 Å². The Morgan fingerprint density at radius 2 is 1.76 bits per heavy atom. The number of sulfone groups is 1. The van der Waals surface area contributed by atoms with Gasteiger partial charge in [-0.05, 0) is 43.9 Å². The molecule has 2 saturated heterocycles. The molecule has 2 atom stereocenters. The minimum absolute atomic E-state index is 0. The first-order chi connectivity index (χ1) is 17.7. The van der Waals surface area contributed by atoms with Crippen molar-refractivity contribution in [3.8, 4) is 0 Å². The summed E-state index contributed by atoms with van der Waals surface area (Å²) in [5, 5.41) is 2.61. The molecule has 1 unspecified atom stereocenters. The second-order valence-corrected chi connectivity index (χ2v) is 11.7. The third-order valence-electron chi connectivity index (χ3n) is 7.22. The maximum absolute atomic E-state index is 14.6. The number of anilines is 1. The monoisotopic (exact) mass is 566 g/mol. The molecule has 14 heteroatoms. The summed E-state index contributed by atoms with van der Waals surface area (Å²) < 4.78 is 96.6. The van der Waals surface area contributed by atoms with E-state index in [2.05, 4.69) is 15.0 Å². The molecule has 0 aromatic heterocycles. The first-order valence-corrected chi connectivity index (χ1v) is 14.0. The zero-order valence-electron chi connectivity index (χ0n) is 20.9. The number of ether oxygens (including phenoxy) is 1. The predicted octanol–water partition coefficient (Wildman–Crippen LogP) is 3.75. The number of rotatable bonds is 6. The van der Waals surface area contributed by atoms with Gasteiger partial charge in [0.25, 0.3) is 5.90 Å². The molecule has 3 aliphatic rings. The fourth-order valence-electron chi connectivity index (χ4n) is 5.15. The number of methoxy groups -OCH3 is 1. The summed E-state index contributed by atoms with van der Waals surface area (Å²) in [5.41, 5.74) is -1.71. The number of likely N-dealkylation sites (tertiary alicyclic amines) is 2. The number of hydrogen-bond acceptors (Lipinski definition) is 7. The van der Waals surface area contributed by atoms with Gasteiger partial charge >= 0.3 is 6.18 Å². The van der Waals surface area contributed by atoms with Crippen LogP contribution >= 0.6 is 0 Å². The van der Waals surface area contributed by atoms with Crippen LogP contribution in [0.3, 0.4) is 0 Å². The lowest BCUT2D eigenvalue weighted by Crippen LogP contribution is -2.58. The van der Waals surface area contributed by atoms with Crippen LogP contribution < -0.4 is 5.32 Å². The highest BCUT2D eigenvalue weighted by Crippen LogP contribution is 2.37. The van der Waals surface area contributed by atoms with E-state index < -0.39 is 55.8 Å². The van der Waals surface area contributed by atoms with Gasteiger partial charge in [0, 0.05) is 39.8 Å². The molecule has 1 N–H and O–H groups in total. The summed E-state index contributed by atoms with van der Waals surface area (Å²) >= 11 is 0. The SMILES string of the molecule is CO/C(=N\C1(N2CCC(N3CCC[C@H](Nc4c(F)cc(S(C)(=O)=O)cc4F)C3=O)CC2)C=CC1)C(F)(F)F.[HH]. The largest absolute Gasteiger partial charge is 0.478 e. The molecule has 212 valence electrons. The lowest BCUT2D eigenvalue weighted by molar-refractivity contribution is -0.138. The van der Waals surface area contributed by atoms with Gasteiger partial charge in [-0.15, -0.1) is 0 Å². The minimum Gasteiger partial charge on any atom is -0.478 e. The molecule has 0 spiro atoms. The van der Waals surface area contributed by atoms with Crippen LogP contribution in [0.25, 0.3) is 0 Å². The van der Waals surface area contributed by atoms with Crippen LogP contribution in [0.15, 0.2) is 34.2 Å². The Morgan fingerprint density at radius 1 is 1.16 bits per heavy atom. The molecule has 38 heavy (non-hydrogen) atoms. The number of nitrogens with one attached hydrogen (secondary N) is 1. The van der Waals surface area contributed by atoms with Gasteiger partial charge in [0.2, 0.25) is 5.91 Å². The normalized spacial score (nSPS) is 25.9. The van der Waals surface area contributed by atoms with Gasteiger partial charge in [-0.3, -0.25) is 9.69 Å². The molecule has 0 bridgehead atoms. The van der Waals surface area contributed by atoms with E-state index >= 15 is 0 Å². The number of nitrogens with zero attached hydrogens (tertiary/aromatic N) is 3. The summed E-state index contributed by atoms with van der Waals surface area (Å²) in [6, 6.07) is 0.321. The number of halogens is 5. The van der Waals surface area contributed by atoms with Crippen molar-refractivity contribution in [1.29, 1.82) is 0 Å². The number of piperidine rings is 2. The third kappa shape index (κ3) is 5.65. The van der Waals surface area contributed by atoms with E-state index in [1.165, 1.54) is 0 Å². The van der Waals surface area contributed by atoms with Crippen molar-refractivity contribution in [3.63, 3.8) is 0 Å². The van der Waals surface area contributed by atoms with Crippen LogP contribution in [0.5, 0.6) is 0 Å². The van der Waals surface area contributed by atoms with Gasteiger partial charge in [-0.2, -0.15) is 13.2 Å². The first-order valence-electron chi connectivity index (χ1n) is 12.1. The first kappa shape index (κ1) is 28.3. The number of alkyl halides is 3. The molecule has 4 rings (SSSR count). The molecule has 0 radical (unpaired) electrons. The molecule has 8 nitrogen and oxygen atoms in total. The Morgan fingerprint density at radius 3 is 2.24 bits per heavy atom. The molecule has 1 amide bonds. The van der Waals surface area contributed by atoms with Crippen molar-refractivity contribution in [2.75, 3.05) is 38.3 Å². The Balaban J connectivity index is 0.00000420. The zero-order valence-corrected chi connectivity index (χ0v) is 21.7. The Labute approximate surface area is 218 Å². The van der Waals surface area contributed by atoms with Crippen LogP contribution in [-0.4, -0.2) is 86.9 Å². The van der Waals surface area contributed by atoms with Crippen molar-refractivity contribution in [2.24, 2.45) is 4.99 Å². The van der Waals surface area contributed by atoms with E-state index in [0.29, 0.717) is 63.9 Å². The van der Waals surface area contributed by atoms with Crippen LogP contribution in [-0.2, 0) is 19.4 Å². The van der Waals surface area contributed by atoms with Gasteiger partial charge < -0.3 is 15.0 Å². The van der Waals surface area contributed by atoms with Crippen molar-refractivity contribution in [2.45, 2.75) is 60.9 Å². The maximum Gasteiger partial charge on any atom is 0.468 e. The fourth-order valence-corrected chi connectivity index (χ4v) is 5.79. The van der Waals surface area contributed by atoms with E-state index in [-0.39, 0.29) is 13.4 Å². The Hall–Kier alpha value is -2.74. The third-order valence-corrected chi connectivity index (χ3v) is 8.31. The van der Waals surface area contributed by atoms with Crippen LogP contribution in [0.2, 0.25) is 0 Å². The number of hydrogen-bond donors (Lipinski definition) is 1. The van der Waals surface area contributed by atoms with Crippen molar-refractivity contribution in [1.82, 2.24) is 9.80 Å². The second-order valence-electron chi connectivity index (χ2n) is 9.73. The second kappa shape index (κ2) is 10.4.